The zero-order valence-corrected chi connectivity index (χ0v) is 9.52. The smallest absolute Gasteiger partial charge is 0.0484 e. The Bertz CT molecular complexity index is 459. The summed E-state index contributed by atoms with van der Waals surface area (Å²) in [6, 6.07) is 2.06. The summed E-state index contributed by atoms with van der Waals surface area (Å²) in [6.45, 7) is 2.13. The molecule has 2 heteroatoms. The first kappa shape index (κ1) is 8.94. The molecule has 1 atom stereocenters. The average Bonchev–Trinajstić information content (AvgIpc) is 2.20. The van der Waals surface area contributed by atoms with E-state index < -0.39 is 0 Å². The first-order valence-electron chi connectivity index (χ1n) is 4.22. The zero-order valence-electron chi connectivity index (χ0n) is 7.37. The molecule has 1 aliphatic rings. The molecule has 0 amide bonds. The Balaban J connectivity index is 2.76. The van der Waals surface area contributed by atoms with Gasteiger partial charge in [-0.05, 0) is 23.4 Å². The van der Waals surface area contributed by atoms with E-state index in [0.29, 0.717) is 3.92 Å². The molecule has 1 nitrogen and oxygen atoms in total. The number of nitrogens with zero attached hydrogens (tertiary/aromatic N) is 1. The number of hydrogen-bond acceptors (Lipinski definition) is 1. The summed E-state index contributed by atoms with van der Waals surface area (Å²) in [5.41, 5.74) is 1.31. The minimum Gasteiger partial charge on any atom is -0.264 e. The van der Waals surface area contributed by atoms with Gasteiger partial charge in [0.1, 0.15) is 0 Å². The van der Waals surface area contributed by atoms with Crippen LogP contribution in [0.15, 0.2) is 30.1 Å². The van der Waals surface area contributed by atoms with E-state index in [-0.39, 0.29) is 0 Å². The highest BCUT2D eigenvalue weighted by Gasteiger charge is 1.99. The van der Waals surface area contributed by atoms with Gasteiger partial charge in [0, 0.05) is 16.3 Å². The Labute approximate surface area is 91.0 Å². The second kappa shape index (κ2) is 3.62. The number of pyridine rings is 1. The fourth-order valence-corrected chi connectivity index (χ4v) is 2.41. The largest absolute Gasteiger partial charge is 0.264 e. The van der Waals surface area contributed by atoms with Crippen molar-refractivity contribution in [2.45, 2.75) is 10.8 Å². The number of allylic oxidation sites excluding steroid dienone is 2. The molecule has 0 radical (unpaired) electrons. The van der Waals surface area contributed by atoms with E-state index in [1.807, 2.05) is 12.4 Å². The highest BCUT2D eigenvalue weighted by atomic mass is 127. The third-order valence-electron chi connectivity index (χ3n) is 2.03. The lowest BCUT2D eigenvalue weighted by molar-refractivity contribution is 1.27. The lowest BCUT2D eigenvalue weighted by Gasteiger charge is -1.93. The summed E-state index contributed by atoms with van der Waals surface area (Å²) in [7, 11) is 0. The van der Waals surface area contributed by atoms with Crippen molar-refractivity contribution in [3.05, 3.63) is 40.5 Å². The summed E-state index contributed by atoms with van der Waals surface area (Å²) < 4.78 is 0.484. The van der Waals surface area contributed by atoms with Crippen LogP contribution < -0.4 is 10.4 Å². The molecule has 0 aliphatic heterocycles. The van der Waals surface area contributed by atoms with Crippen molar-refractivity contribution >= 4 is 34.7 Å². The predicted molar refractivity (Wildman–Crippen MR) is 64.0 cm³/mol. The van der Waals surface area contributed by atoms with E-state index in [4.69, 9.17) is 0 Å². The van der Waals surface area contributed by atoms with Crippen molar-refractivity contribution in [2.24, 2.45) is 0 Å². The molecule has 0 saturated carbocycles. The van der Waals surface area contributed by atoms with Crippen molar-refractivity contribution in [3.8, 4) is 0 Å². The highest BCUT2D eigenvalue weighted by molar-refractivity contribution is 14.1. The van der Waals surface area contributed by atoms with E-state index in [2.05, 4.69) is 58.8 Å². The normalized spacial score (nSPS) is 20.5. The number of halogens is 1. The molecule has 0 bridgehead atoms. The molecular formula is C11H10IN. The molecule has 13 heavy (non-hydrogen) atoms. The molecule has 2 rings (SSSR count). The highest BCUT2D eigenvalue weighted by Crippen LogP contribution is 2.09. The number of hydrogen-bond donors (Lipinski definition) is 0. The van der Waals surface area contributed by atoms with Crippen LogP contribution in [-0.4, -0.2) is 8.91 Å². The van der Waals surface area contributed by atoms with Crippen LogP contribution in [-0.2, 0) is 0 Å². The van der Waals surface area contributed by atoms with Crippen LogP contribution in [0.2, 0.25) is 0 Å². The molecule has 0 aromatic carbocycles. The van der Waals surface area contributed by atoms with Gasteiger partial charge in [-0.25, -0.2) is 0 Å². The summed E-state index contributed by atoms with van der Waals surface area (Å²) in [6.07, 6.45) is 10.4. The Hall–Kier alpha value is -0.640. The molecule has 0 saturated heterocycles. The van der Waals surface area contributed by atoms with E-state index in [0.717, 1.165) is 0 Å². The van der Waals surface area contributed by atoms with E-state index in [9.17, 15) is 0 Å². The minimum absolute atomic E-state index is 0.484. The molecule has 1 aromatic heterocycles. The van der Waals surface area contributed by atoms with Crippen molar-refractivity contribution in [3.63, 3.8) is 0 Å². The molecular weight excluding hydrogens is 273 g/mol. The van der Waals surface area contributed by atoms with E-state index in [1.54, 1.807) is 0 Å². The van der Waals surface area contributed by atoms with Gasteiger partial charge in [-0.15, -0.1) is 0 Å². The number of alkyl halides is 1. The fraction of sp³-hybridized carbons (Fsp3) is 0.182. The van der Waals surface area contributed by atoms with Crippen LogP contribution in [0.25, 0.3) is 12.2 Å². The van der Waals surface area contributed by atoms with Crippen LogP contribution in [0.5, 0.6) is 0 Å². The average molecular weight is 283 g/mol. The molecule has 0 fully saturated rings. The van der Waals surface area contributed by atoms with Crippen LogP contribution in [0.3, 0.4) is 0 Å². The Morgan fingerprint density at radius 3 is 3.00 bits per heavy atom. The topological polar surface area (TPSA) is 12.9 Å². The first-order chi connectivity index (χ1) is 6.25. The molecule has 1 aliphatic carbocycles. The Morgan fingerprint density at radius 2 is 2.15 bits per heavy atom. The van der Waals surface area contributed by atoms with Gasteiger partial charge in [-0.3, -0.25) is 4.98 Å². The minimum atomic E-state index is 0.484. The summed E-state index contributed by atoms with van der Waals surface area (Å²) in [4.78, 5) is 4.12. The molecule has 1 heterocycles. The number of fused-ring (bicyclic) bond motifs is 1. The van der Waals surface area contributed by atoms with Gasteiger partial charge in [-0.1, -0.05) is 46.4 Å². The van der Waals surface area contributed by atoms with Gasteiger partial charge in [0.2, 0.25) is 0 Å². The SMILES string of the molecule is CC1=CC(I)C=c2ccncc2=C1. The lowest BCUT2D eigenvalue weighted by Crippen LogP contribution is -2.24. The van der Waals surface area contributed by atoms with Gasteiger partial charge >= 0.3 is 0 Å². The van der Waals surface area contributed by atoms with Gasteiger partial charge < -0.3 is 0 Å². The molecule has 1 aromatic rings. The summed E-state index contributed by atoms with van der Waals surface area (Å²) in [5.74, 6) is 0. The summed E-state index contributed by atoms with van der Waals surface area (Å²) in [5, 5.41) is 2.50. The third-order valence-corrected chi connectivity index (χ3v) is 2.75. The number of rotatable bonds is 0. The Morgan fingerprint density at radius 1 is 1.31 bits per heavy atom. The second-order valence-electron chi connectivity index (χ2n) is 3.17. The molecule has 1 unspecified atom stereocenters. The standard InChI is InChI=1S/C11H10IN/c1-8-4-10-7-13-3-2-9(10)6-11(12)5-8/h2-7,11H,1H3. The van der Waals surface area contributed by atoms with Gasteiger partial charge in [-0.2, -0.15) is 0 Å². The van der Waals surface area contributed by atoms with E-state index >= 15 is 0 Å². The van der Waals surface area contributed by atoms with Gasteiger partial charge in [0.05, 0.1) is 0 Å². The maximum Gasteiger partial charge on any atom is 0.0484 e. The maximum atomic E-state index is 4.12. The predicted octanol–water partition coefficient (Wildman–Crippen LogP) is 1.41. The van der Waals surface area contributed by atoms with Gasteiger partial charge in [0.25, 0.3) is 0 Å². The molecule has 0 spiro atoms. The monoisotopic (exact) mass is 283 g/mol. The second-order valence-corrected chi connectivity index (χ2v) is 4.61. The maximum absolute atomic E-state index is 4.12. The van der Waals surface area contributed by atoms with E-state index in [1.165, 1.54) is 16.0 Å². The first-order valence-corrected chi connectivity index (χ1v) is 5.46. The van der Waals surface area contributed by atoms with Crippen molar-refractivity contribution < 1.29 is 0 Å². The van der Waals surface area contributed by atoms with Crippen molar-refractivity contribution in [1.29, 1.82) is 0 Å². The molecule has 0 N–H and O–H groups in total. The van der Waals surface area contributed by atoms with Crippen LogP contribution in [0.1, 0.15) is 6.92 Å². The van der Waals surface area contributed by atoms with Crippen LogP contribution in [0, 0.1) is 0 Å². The third kappa shape index (κ3) is 1.99. The number of aromatic nitrogens is 1. The van der Waals surface area contributed by atoms with Crippen molar-refractivity contribution in [2.75, 3.05) is 0 Å². The van der Waals surface area contributed by atoms with Crippen LogP contribution in [0.4, 0.5) is 0 Å². The Kier molecular flexibility index (Phi) is 2.49. The zero-order chi connectivity index (χ0) is 9.26. The van der Waals surface area contributed by atoms with Crippen LogP contribution >= 0.6 is 22.6 Å². The fourth-order valence-electron chi connectivity index (χ4n) is 1.45. The quantitative estimate of drug-likeness (QED) is 0.518. The molecule has 66 valence electrons. The lowest BCUT2D eigenvalue weighted by atomic mass is 10.2. The van der Waals surface area contributed by atoms with Gasteiger partial charge in [0.15, 0.2) is 0 Å². The van der Waals surface area contributed by atoms with Crippen molar-refractivity contribution in [1.82, 2.24) is 4.98 Å². The summed E-state index contributed by atoms with van der Waals surface area (Å²) >= 11 is 2.42.